The molecule has 0 aliphatic carbocycles. The minimum absolute atomic E-state index is 0.136. The number of Topliss-reactive ketones (excluding diaryl/α,β-unsaturated/α-hetero) is 1. The molecule has 1 atom stereocenters. The van der Waals surface area contributed by atoms with Gasteiger partial charge in [-0.15, -0.1) is 0 Å². The van der Waals surface area contributed by atoms with Gasteiger partial charge in [-0.1, -0.05) is 12.1 Å². The van der Waals surface area contributed by atoms with E-state index in [-0.39, 0.29) is 18.2 Å². The maximum Gasteiger partial charge on any atom is 0.164 e. The van der Waals surface area contributed by atoms with Crippen molar-refractivity contribution in [2.75, 3.05) is 13.7 Å². The molecule has 0 saturated heterocycles. The van der Waals surface area contributed by atoms with E-state index in [1.54, 1.807) is 13.2 Å². The fraction of sp³-hybridized carbons (Fsp3) is 0.417. The van der Waals surface area contributed by atoms with Gasteiger partial charge in [0.15, 0.2) is 5.78 Å². The Kier molecular flexibility index (Phi) is 5.08. The summed E-state index contributed by atoms with van der Waals surface area (Å²) in [5.41, 5.74) is 6.11. The van der Waals surface area contributed by atoms with Crippen LogP contribution in [0, 0.1) is 5.82 Å². The van der Waals surface area contributed by atoms with E-state index in [0.29, 0.717) is 18.6 Å². The summed E-state index contributed by atoms with van der Waals surface area (Å²) in [6.45, 7) is 0.525. The van der Waals surface area contributed by atoms with Crippen molar-refractivity contribution in [1.29, 1.82) is 0 Å². The molecule has 16 heavy (non-hydrogen) atoms. The molecule has 0 aliphatic heterocycles. The molecule has 0 aliphatic rings. The number of methoxy groups -OCH3 is 1. The second kappa shape index (κ2) is 6.35. The Morgan fingerprint density at radius 1 is 1.56 bits per heavy atom. The third-order valence-electron chi connectivity index (χ3n) is 2.29. The molecule has 3 nitrogen and oxygen atoms in total. The lowest BCUT2D eigenvalue weighted by atomic mass is 10.0. The number of hydrogen-bond donors (Lipinski definition) is 1. The third kappa shape index (κ3) is 4.08. The van der Waals surface area contributed by atoms with Gasteiger partial charge in [-0.2, -0.15) is 0 Å². The van der Waals surface area contributed by atoms with Gasteiger partial charge in [0.1, 0.15) is 5.82 Å². The van der Waals surface area contributed by atoms with Crippen LogP contribution in [0.5, 0.6) is 0 Å². The van der Waals surface area contributed by atoms with Gasteiger partial charge in [0, 0.05) is 31.7 Å². The van der Waals surface area contributed by atoms with Gasteiger partial charge in [-0.25, -0.2) is 4.39 Å². The normalized spacial score (nSPS) is 12.4. The molecular weight excluding hydrogens is 209 g/mol. The van der Waals surface area contributed by atoms with Gasteiger partial charge in [0.05, 0.1) is 0 Å². The predicted octanol–water partition coefficient (Wildman–Crippen LogP) is 1.76. The Morgan fingerprint density at radius 3 is 2.94 bits per heavy atom. The number of carbonyl (C=O) groups excluding carboxylic acids is 1. The van der Waals surface area contributed by atoms with Crippen LogP contribution in [0.3, 0.4) is 0 Å². The standard InChI is InChI=1S/C12H16FNO2/c1-16-6-5-11(14)8-12(15)9-3-2-4-10(13)7-9/h2-4,7,11H,5-6,8,14H2,1H3. The first kappa shape index (κ1) is 12.8. The highest BCUT2D eigenvalue weighted by atomic mass is 19.1. The topological polar surface area (TPSA) is 52.3 Å². The van der Waals surface area contributed by atoms with E-state index in [9.17, 15) is 9.18 Å². The molecule has 0 amide bonds. The minimum atomic E-state index is -0.406. The van der Waals surface area contributed by atoms with E-state index >= 15 is 0 Å². The molecule has 1 aromatic rings. The highest BCUT2D eigenvalue weighted by Gasteiger charge is 2.11. The molecule has 0 fully saturated rings. The summed E-state index contributed by atoms with van der Waals surface area (Å²) in [4.78, 5) is 11.7. The first-order valence-corrected chi connectivity index (χ1v) is 5.16. The largest absolute Gasteiger partial charge is 0.385 e. The molecule has 0 bridgehead atoms. The molecule has 88 valence electrons. The SMILES string of the molecule is COCCC(N)CC(=O)c1cccc(F)c1. The maximum atomic E-state index is 12.9. The van der Waals surface area contributed by atoms with Gasteiger partial charge in [0.25, 0.3) is 0 Å². The second-order valence-electron chi connectivity index (χ2n) is 3.68. The Balaban J connectivity index is 2.52. The van der Waals surface area contributed by atoms with Crippen LogP contribution in [0.2, 0.25) is 0 Å². The number of nitrogens with two attached hydrogens (primary N) is 1. The van der Waals surface area contributed by atoms with E-state index in [2.05, 4.69) is 0 Å². The van der Waals surface area contributed by atoms with Crippen LogP contribution >= 0.6 is 0 Å². The van der Waals surface area contributed by atoms with Crippen molar-refractivity contribution in [3.63, 3.8) is 0 Å². The Bertz CT molecular complexity index is 355. The van der Waals surface area contributed by atoms with Gasteiger partial charge in [0.2, 0.25) is 0 Å². The van der Waals surface area contributed by atoms with Crippen molar-refractivity contribution in [3.05, 3.63) is 35.6 Å². The molecule has 0 heterocycles. The smallest absolute Gasteiger partial charge is 0.164 e. The predicted molar refractivity (Wildman–Crippen MR) is 59.8 cm³/mol. The molecule has 0 saturated carbocycles. The molecular formula is C12H16FNO2. The van der Waals surface area contributed by atoms with Crippen LogP contribution < -0.4 is 5.73 Å². The van der Waals surface area contributed by atoms with Crippen molar-refractivity contribution < 1.29 is 13.9 Å². The van der Waals surface area contributed by atoms with E-state index in [0.717, 1.165) is 0 Å². The quantitative estimate of drug-likeness (QED) is 0.750. The lowest BCUT2D eigenvalue weighted by Crippen LogP contribution is -2.25. The number of carbonyl (C=O) groups is 1. The highest BCUT2D eigenvalue weighted by molar-refractivity contribution is 5.96. The van der Waals surface area contributed by atoms with Gasteiger partial charge in [-0.05, 0) is 18.6 Å². The Labute approximate surface area is 94.4 Å². The minimum Gasteiger partial charge on any atom is -0.385 e. The van der Waals surface area contributed by atoms with Gasteiger partial charge < -0.3 is 10.5 Å². The molecule has 1 unspecified atom stereocenters. The number of halogens is 1. The van der Waals surface area contributed by atoms with Gasteiger partial charge in [-0.3, -0.25) is 4.79 Å². The van der Waals surface area contributed by atoms with E-state index in [1.165, 1.54) is 18.2 Å². The van der Waals surface area contributed by atoms with E-state index in [1.807, 2.05) is 0 Å². The summed E-state index contributed by atoms with van der Waals surface area (Å²) >= 11 is 0. The average molecular weight is 225 g/mol. The number of benzene rings is 1. The molecule has 0 aromatic heterocycles. The number of rotatable bonds is 6. The van der Waals surface area contributed by atoms with Crippen molar-refractivity contribution >= 4 is 5.78 Å². The fourth-order valence-electron chi connectivity index (χ4n) is 1.39. The summed E-state index contributed by atoms with van der Waals surface area (Å²) in [7, 11) is 1.58. The van der Waals surface area contributed by atoms with Crippen LogP contribution in [-0.4, -0.2) is 25.5 Å². The monoisotopic (exact) mass is 225 g/mol. The summed E-state index contributed by atoms with van der Waals surface area (Å²) < 4.78 is 17.7. The maximum absolute atomic E-state index is 12.9. The Morgan fingerprint density at radius 2 is 2.31 bits per heavy atom. The van der Waals surface area contributed by atoms with Crippen LogP contribution in [0.4, 0.5) is 4.39 Å². The third-order valence-corrected chi connectivity index (χ3v) is 2.29. The van der Waals surface area contributed by atoms with Crippen molar-refractivity contribution in [2.24, 2.45) is 5.73 Å². The summed E-state index contributed by atoms with van der Waals surface area (Å²) in [5.74, 6) is -0.542. The van der Waals surface area contributed by atoms with Crippen molar-refractivity contribution in [3.8, 4) is 0 Å². The first-order valence-electron chi connectivity index (χ1n) is 5.16. The van der Waals surface area contributed by atoms with Crippen LogP contribution in [0.1, 0.15) is 23.2 Å². The van der Waals surface area contributed by atoms with Crippen LogP contribution in [0.25, 0.3) is 0 Å². The molecule has 4 heteroatoms. The Hall–Kier alpha value is -1.26. The molecule has 0 radical (unpaired) electrons. The number of hydrogen-bond acceptors (Lipinski definition) is 3. The molecule has 1 rings (SSSR count). The summed E-state index contributed by atoms with van der Waals surface area (Å²) in [6, 6.07) is 5.40. The van der Waals surface area contributed by atoms with E-state index < -0.39 is 5.82 Å². The summed E-state index contributed by atoms with van der Waals surface area (Å²) in [6.07, 6.45) is 0.838. The number of ketones is 1. The van der Waals surface area contributed by atoms with Gasteiger partial charge >= 0.3 is 0 Å². The van der Waals surface area contributed by atoms with E-state index in [4.69, 9.17) is 10.5 Å². The average Bonchev–Trinajstić information content (AvgIpc) is 2.26. The zero-order valence-corrected chi connectivity index (χ0v) is 9.28. The van der Waals surface area contributed by atoms with Crippen LogP contribution in [-0.2, 0) is 4.74 Å². The first-order chi connectivity index (χ1) is 7.63. The zero-order chi connectivity index (χ0) is 12.0. The van der Waals surface area contributed by atoms with Crippen LogP contribution in [0.15, 0.2) is 24.3 Å². The summed E-state index contributed by atoms with van der Waals surface area (Å²) in [5, 5.41) is 0. The molecule has 0 spiro atoms. The highest BCUT2D eigenvalue weighted by Crippen LogP contribution is 2.08. The van der Waals surface area contributed by atoms with Crippen molar-refractivity contribution in [2.45, 2.75) is 18.9 Å². The van der Waals surface area contributed by atoms with Crippen molar-refractivity contribution in [1.82, 2.24) is 0 Å². The number of ether oxygens (including phenoxy) is 1. The fourth-order valence-corrected chi connectivity index (χ4v) is 1.39. The lowest BCUT2D eigenvalue weighted by Gasteiger charge is -2.09. The zero-order valence-electron chi connectivity index (χ0n) is 9.28. The second-order valence-corrected chi connectivity index (χ2v) is 3.68. The lowest BCUT2D eigenvalue weighted by molar-refractivity contribution is 0.0966. The molecule has 2 N–H and O–H groups in total. The molecule has 1 aromatic carbocycles.